The summed E-state index contributed by atoms with van der Waals surface area (Å²) in [5, 5.41) is 13.7. The van der Waals surface area contributed by atoms with E-state index in [-0.39, 0.29) is 18.1 Å². The molecule has 1 aromatic heterocycles. The zero-order valence-electron chi connectivity index (χ0n) is 12.1. The molecular weight excluding hydrogens is 264 g/mol. The van der Waals surface area contributed by atoms with E-state index in [1.807, 2.05) is 37.4 Å². The summed E-state index contributed by atoms with van der Waals surface area (Å²) in [5.74, 6) is 0.327. The van der Waals surface area contributed by atoms with Gasteiger partial charge in [0.25, 0.3) is 0 Å². The first-order valence-electron chi connectivity index (χ1n) is 7.49. The van der Waals surface area contributed by atoms with Gasteiger partial charge in [-0.25, -0.2) is 0 Å². The Morgan fingerprint density at radius 2 is 2.19 bits per heavy atom. The van der Waals surface area contributed by atoms with Gasteiger partial charge in [-0.15, -0.1) is 0 Å². The number of amides is 1. The van der Waals surface area contributed by atoms with Crippen molar-refractivity contribution in [3.63, 3.8) is 0 Å². The molecular formula is C17H20N2O2. The van der Waals surface area contributed by atoms with Gasteiger partial charge in [0.1, 0.15) is 0 Å². The Labute approximate surface area is 124 Å². The molecule has 1 amide bonds. The number of aromatic nitrogens is 1. The zero-order valence-corrected chi connectivity index (χ0v) is 12.1. The number of carbonyl (C=O) groups excluding carboxylic acids is 1. The molecule has 1 heterocycles. The SMILES string of the molecule is CCC(=O)NC(c1cnc2ccccc2c1)C1CC(O)C1. The Kier molecular flexibility index (Phi) is 3.88. The van der Waals surface area contributed by atoms with E-state index in [1.165, 1.54) is 0 Å². The first-order valence-corrected chi connectivity index (χ1v) is 7.49. The summed E-state index contributed by atoms with van der Waals surface area (Å²) < 4.78 is 0. The molecule has 4 nitrogen and oxygen atoms in total. The van der Waals surface area contributed by atoms with E-state index < -0.39 is 0 Å². The predicted octanol–water partition coefficient (Wildman–Crippen LogP) is 2.57. The molecule has 3 rings (SSSR count). The third-order valence-corrected chi connectivity index (χ3v) is 4.23. The minimum absolute atomic E-state index is 0.0366. The standard InChI is InChI=1S/C17H20N2O2/c1-2-16(21)19-17(12-8-14(20)9-12)13-7-11-5-3-4-6-15(11)18-10-13/h3-7,10,12,14,17,20H,2,8-9H2,1H3,(H,19,21). The Balaban J connectivity index is 1.91. The summed E-state index contributed by atoms with van der Waals surface area (Å²) in [7, 11) is 0. The molecule has 1 saturated carbocycles. The van der Waals surface area contributed by atoms with Crippen LogP contribution in [0.4, 0.5) is 0 Å². The lowest BCUT2D eigenvalue weighted by molar-refractivity contribution is -0.122. The molecule has 2 N–H and O–H groups in total. The fourth-order valence-electron chi connectivity index (χ4n) is 2.91. The maximum absolute atomic E-state index is 11.8. The largest absolute Gasteiger partial charge is 0.393 e. The fourth-order valence-corrected chi connectivity index (χ4v) is 2.91. The molecule has 4 heteroatoms. The second kappa shape index (κ2) is 5.82. The van der Waals surface area contributed by atoms with E-state index in [1.54, 1.807) is 0 Å². The molecule has 1 fully saturated rings. The molecule has 1 aliphatic carbocycles. The Bertz CT molecular complexity index is 650. The molecule has 0 saturated heterocycles. The molecule has 1 aromatic carbocycles. The number of nitrogens with zero attached hydrogens (tertiary/aromatic N) is 1. The van der Waals surface area contributed by atoms with Gasteiger partial charge in [0.05, 0.1) is 17.7 Å². The molecule has 110 valence electrons. The summed E-state index contributed by atoms with van der Waals surface area (Å²) in [4.78, 5) is 16.3. The molecule has 0 bridgehead atoms. The van der Waals surface area contributed by atoms with Crippen LogP contribution in [0.15, 0.2) is 36.5 Å². The van der Waals surface area contributed by atoms with Crippen LogP contribution in [-0.4, -0.2) is 22.1 Å². The van der Waals surface area contributed by atoms with Gasteiger partial charge < -0.3 is 10.4 Å². The second-order valence-electron chi connectivity index (χ2n) is 5.75. The van der Waals surface area contributed by atoms with Gasteiger partial charge in [0.2, 0.25) is 5.91 Å². The molecule has 1 aliphatic rings. The van der Waals surface area contributed by atoms with Crippen molar-refractivity contribution in [2.75, 3.05) is 0 Å². The molecule has 0 aliphatic heterocycles. The third-order valence-electron chi connectivity index (χ3n) is 4.23. The van der Waals surface area contributed by atoms with E-state index in [0.29, 0.717) is 12.3 Å². The van der Waals surface area contributed by atoms with Crippen LogP contribution in [0, 0.1) is 5.92 Å². The van der Waals surface area contributed by atoms with Crippen LogP contribution in [0.3, 0.4) is 0 Å². The second-order valence-corrected chi connectivity index (χ2v) is 5.75. The molecule has 0 spiro atoms. The summed E-state index contributed by atoms with van der Waals surface area (Å²) in [5.41, 5.74) is 1.97. The zero-order chi connectivity index (χ0) is 14.8. The van der Waals surface area contributed by atoms with Crippen LogP contribution in [0.5, 0.6) is 0 Å². The Hall–Kier alpha value is -1.94. The molecule has 1 unspecified atom stereocenters. The van der Waals surface area contributed by atoms with Gasteiger partial charge in [-0.3, -0.25) is 9.78 Å². The Morgan fingerprint density at radius 3 is 2.90 bits per heavy atom. The van der Waals surface area contributed by atoms with Crippen LogP contribution in [0.1, 0.15) is 37.8 Å². The van der Waals surface area contributed by atoms with Crippen molar-refractivity contribution in [1.82, 2.24) is 10.3 Å². The maximum Gasteiger partial charge on any atom is 0.220 e. The van der Waals surface area contributed by atoms with Crippen LogP contribution in [0.2, 0.25) is 0 Å². The number of fused-ring (bicyclic) bond motifs is 1. The number of hydrogen-bond donors (Lipinski definition) is 2. The monoisotopic (exact) mass is 284 g/mol. The van der Waals surface area contributed by atoms with Gasteiger partial charge in [-0.1, -0.05) is 25.1 Å². The summed E-state index contributed by atoms with van der Waals surface area (Å²) >= 11 is 0. The number of hydrogen-bond acceptors (Lipinski definition) is 3. The van der Waals surface area contributed by atoms with Gasteiger partial charge in [0, 0.05) is 18.0 Å². The highest BCUT2D eigenvalue weighted by Crippen LogP contribution is 2.38. The van der Waals surface area contributed by atoms with Crippen molar-refractivity contribution in [1.29, 1.82) is 0 Å². The summed E-state index contributed by atoms with van der Waals surface area (Å²) in [6.07, 6.45) is 3.55. The summed E-state index contributed by atoms with van der Waals surface area (Å²) in [6, 6.07) is 9.99. The molecule has 0 radical (unpaired) electrons. The first-order chi connectivity index (χ1) is 10.2. The van der Waals surface area contributed by atoms with E-state index in [0.717, 1.165) is 29.3 Å². The number of aliphatic hydroxyl groups is 1. The number of carbonyl (C=O) groups is 1. The predicted molar refractivity (Wildman–Crippen MR) is 81.6 cm³/mol. The summed E-state index contributed by atoms with van der Waals surface area (Å²) in [6.45, 7) is 1.85. The van der Waals surface area contributed by atoms with Crippen LogP contribution in [0.25, 0.3) is 10.9 Å². The third kappa shape index (κ3) is 2.90. The topological polar surface area (TPSA) is 62.2 Å². The van der Waals surface area contributed by atoms with Crippen molar-refractivity contribution in [3.05, 3.63) is 42.1 Å². The van der Waals surface area contributed by atoms with Gasteiger partial charge >= 0.3 is 0 Å². The number of para-hydroxylation sites is 1. The van der Waals surface area contributed by atoms with E-state index in [4.69, 9.17) is 0 Å². The minimum atomic E-state index is -0.232. The van der Waals surface area contributed by atoms with E-state index in [9.17, 15) is 9.90 Å². The van der Waals surface area contributed by atoms with Crippen LogP contribution >= 0.6 is 0 Å². The maximum atomic E-state index is 11.8. The molecule has 21 heavy (non-hydrogen) atoms. The first kappa shape index (κ1) is 14.0. The normalized spacial score (nSPS) is 22.6. The number of benzene rings is 1. The number of aliphatic hydroxyl groups excluding tert-OH is 1. The van der Waals surface area contributed by atoms with Crippen molar-refractivity contribution in [2.45, 2.75) is 38.3 Å². The number of rotatable bonds is 4. The average molecular weight is 284 g/mol. The lowest BCUT2D eigenvalue weighted by Gasteiger charge is -2.38. The number of nitrogens with one attached hydrogen (secondary N) is 1. The minimum Gasteiger partial charge on any atom is -0.393 e. The highest BCUT2D eigenvalue weighted by molar-refractivity contribution is 5.79. The van der Waals surface area contributed by atoms with E-state index >= 15 is 0 Å². The molecule has 1 atom stereocenters. The van der Waals surface area contributed by atoms with E-state index in [2.05, 4.69) is 16.4 Å². The molecule has 2 aromatic rings. The van der Waals surface area contributed by atoms with Gasteiger partial charge in [-0.2, -0.15) is 0 Å². The Morgan fingerprint density at radius 1 is 1.43 bits per heavy atom. The van der Waals surface area contributed by atoms with Crippen LogP contribution in [-0.2, 0) is 4.79 Å². The van der Waals surface area contributed by atoms with Crippen molar-refractivity contribution in [3.8, 4) is 0 Å². The van der Waals surface area contributed by atoms with Gasteiger partial charge in [-0.05, 0) is 36.5 Å². The van der Waals surface area contributed by atoms with Gasteiger partial charge in [0.15, 0.2) is 0 Å². The number of pyridine rings is 1. The highest BCUT2D eigenvalue weighted by atomic mass is 16.3. The van der Waals surface area contributed by atoms with Crippen molar-refractivity contribution >= 4 is 16.8 Å². The van der Waals surface area contributed by atoms with Crippen LogP contribution < -0.4 is 5.32 Å². The smallest absolute Gasteiger partial charge is 0.220 e. The quantitative estimate of drug-likeness (QED) is 0.907. The average Bonchev–Trinajstić information content (AvgIpc) is 2.49. The lowest BCUT2D eigenvalue weighted by Crippen LogP contribution is -2.41. The fraction of sp³-hybridized carbons (Fsp3) is 0.412. The van der Waals surface area contributed by atoms with Crippen molar-refractivity contribution < 1.29 is 9.90 Å². The lowest BCUT2D eigenvalue weighted by atomic mass is 9.75. The highest BCUT2D eigenvalue weighted by Gasteiger charge is 2.35. The van der Waals surface area contributed by atoms with Crippen molar-refractivity contribution in [2.24, 2.45) is 5.92 Å².